The van der Waals surface area contributed by atoms with Crippen molar-refractivity contribution in [2.45, 2.75) is 40.5 Å². The fourth-order valence-corrected chi connectivity index (χ4v) is 2.56. The first-order valence-electron chi connectivity index (χ1n) is 6.28. The van der Waals surface area contributed by atoms with Crippen molar-refractivity contribution in [3.05, 3.63) is 22.8 Å². The summed E-state index contributed by atoms with van der Waals surface area (Å²) in [5, 5.41) is 0. The largest absolute Gasteiger partial charge is 0.333 e. The number of carbonyl (C=O) groups is 2. The lowest BCUT2D eigenvalue weighted by atomic mass is 9.77. The molecule has 2 radical (unpaired) electrons. The van der Waals surface area contributed by atoms with E-state index in [4.69, 9.17) is 7.98 Å². The van der Waals surface area contributed by atoms with Crippen LogP contribution >= 0.6 is 0 Å². The van der Waals surface area contributed by atoms with Gasteiger partial charge in [-0.1, -0.05) is 33.3 Å². The summed E-state index contributed by atoms with van der Waals surface area (Å²) in [7, 11) is 5.46. The third-order valence-electron chi connectivity index (χ3n) is 3.46. The Balaban J connectivity index is 2.36. The van der Waals surface area contributed by atoms with E-state index in [1.165, 1.54) is 5.57 Å². The average molecular weight is 243 g/mol. The van der Waals surface area contributed by atoms with Crippen LogP contribution in [0.15, 0.2) is 22.8 Å². The first-order valence-corrected chi connectivity index (χ1v) is 6.28. The zero-order valence-electron chi connectivity index (χ0n) is 11.4. The van der Waals surface area contributed by atoms with Crippen LogP contribution in [0, 0.1) is 11.3 Å². The Morgan fingerprint density at radius 2 is 1.94 bits per heavy atom. The van der Waals surface area contributed by atoms with Gasteiger partial charge in [0.15, 0.2) is 0 Å². The maximum absolute atomic E-state index is 11.8. The molecule has 2 aliphatic rings. The highest BCUT2D eigenvalue weighted by atomic mass is 16.2. The predicted octanol–water partition coefficient (Wildman–Crippen LogP) is 2.14. The smallest absolute Gasteiger partial charge is 0.248 e. The summed E-state index contributed by atoms with van der Waals surface area (Å²) in [6, 6.07) is 0. The number of amides is 2. The summed E-state index contributed by atoms with van der Waals surface area (Å²) >= 11 is 0. The molecule has 0 fully saturated rings. The van der Waals surface area contributed by atoms with Gasteiger partial charge in [0.25, 0.3) is 0 Å². The first kappa shape index (κ1) is 13.1. The molecule has 1 atom stereocenters. The van der Waals surface area contributed by atoms with Crippen molar-refractivity contribution in [2.75, 3.05) is 0 Å². The van der Waals surface area contributed by atoms with Crippen molar-refractivity contribution in [1.29, 1.82) is 0 Å². The van der Waals surface area contributed by atoms with Crippen molar-refractivity contribution >= 4 is 19.8 Å². The zero-order valence-corrected chi connectivity index (χ0v) is 11.4. The highest BCUT2D eigenvalue weighted by molar-refractivity contribution is 6.36. The average Bonchev–Trinajstić information content (AvgIpc) is 2.44. The van der Waals surface area contributed by atoms with Gasteiger partial charge in [0, 0.05) is 11.1 Å². The minimum absolute atomic E-state index is 0.173. The van der Waals surface area contributed by atoms with Crippen LogP contribution in [-0.2, 0) is 9.59 Å². The second kappa shape index (κ2) is 4.11. The summed E-state index contributed by atoms with van der Waals surface area (Å²) in [4.78, 5) is 24.4. The molecule has 1 aliphatic heterocycles. The van der Waals surface area contributed by atoms with Crippen molar-refractivity contribution in [1.82, 2.24) is 4.81 Å². The van der Waals surface area contributed by atoms with Gasteiger partial charge in [-0.25, -0.2) is 0 Å². The summed E-state index contributed by atoms with van der Waals surface area (Å²) in [6.07, 6.45) is 3.42. The molecular weight excluding hydrogens is 225 g/mol. The van der Waals surface area contributed by atoms with E-state index in [1.54, 1.807) is 0 Å². The van der Waals surface area contributed by atoms with Crippen LogP contribution in [0.4, 0.5) is 0 Å². The highest BCUT2D eigenvalue weighted by Crippen LogP contribution is 2.39. The first-order chi connectivity index (χ1) is 8.20. The zero-order chi connectivity index (χ0) is 13.7. The molecule has 4 heteroatoms. The summed E-state index contributed by atoms with van der Waals surface area (Å²) in [5.74, 6) is -0.410. The van der Waals surface area contributed by atoms with E-state index in [0.717, 1.165) is 11.2 Å². The van der Waals surface area contributed by atoms with E-state index in [9.17, 15) is 9.59 Å². The molecule has 0 spiro atoms. The summed E-state index contributed by atoms with van der Waals surface area (Å²) in [5.41, 5.74) is 2.48. The number of nitrogens with zero attached hydrogens (tertiary/aromatic N) is 1. The minimum atomic E-state index is -0.367. The molecule has 0 N–H and O–H groups in total. The Bertz CT molecular complexity index is 483. The maximum atomic E-state index is 11.8. The topological polar surface area (TPSA) is 37.4 Å². The molecular formula is C14H18BNO2. The van der Waals surface area contributed by atoms with E-state index in [2.05, 4.69) is 27.7 Å². The van der Waals surface area contributed by atoms with Crippen molar-refractivity contribution in [3.63, 3.8) is 0 Å². The normalized spacial score (nSPS) is 24.6. The Labute approximate surface area is 109 Å². The Morgan fingerprint density at radius 1 is 1.33 bits per heavy atom. The quantitative estimate of drug-likeness (QED) is 0.522. The number of hydrogen-bond donors (Lipinski definition) is 0. The van der Waals surface area contributed by atoms with Crippen LogP contribution in [0.1, 0.15) is 40.5 Å². The van der Waals surface area contributed by atoms with Crippen LogP contribution < -0.4 is 0 Å². The molecule has 0 saturated heterocycles. The van der Waals surface area contributed by atoms with Crippen molar-refractivity contribution < 1.29 is 9.59 Å². The predicted molar refractivity (Wildman–Crippen MR) is 70.6 cm³/mol. The summed E-state index contributed by atoms with van der Waals surface area (Å²) in [6.45, 7) is 8.60. The maximum Gasteiger partial charge on any atom is 0.248 e. The molecule has 0 aromatic carbocycles. The molecule has 0 saturated carbocycles. The molecule has 0 aromatic rings. The molecule has 0 aromatic heterocycles. The van der Waals surface area contributed by atoms with Gasteiger partial charge < -0.3 is 4.81 Å². The SMILES string of the molecule is [B]N1C(=O)C2=C(CC(C)C(CC(C)(C)C)=C2)C1=O. The molecule has 2 rings (SSSR count). The van der Waals surface area contributed by atoms with E-state index in [1.807, 2.05) is 6.08 Å². The molecule has 3 nitrogen and oxygen atoms in total. The van der Waals surface area contributed by atoms with E-state index < -0.39 is 0 Å². The Hall–Kier alpha value is -1.32. The van der Waals surface area contributed by atoms with Crippen LogP contribution in [0.25, 0.3) is 0 Å². The molecule has 94 valence electrons. The summed E-state index contributed by atoms with van der Waals surface area (Å²) < 4.78 is 0. The van der Waals surface area contributed by atoms with Gasteiger partial charge in [-0.3, -0.25) is 9.59 Å². The third kappa shape index (κ3) is 2.16. The molecule has 2 amide bonds. The van der Waals surface area contributed by atoms with Gasteiger partial charge in [0.05, 0.1) is 0 Å². The fourth-order valence-electron chi connectivity index (χ4n) is 2.56. The van der Waals surface area contributed by atoms with E-state index in [-0.39, 0.29) is 17.2 Å². The van der Waals surface area contributed by atoms with Gasteiger partial charge >= 0.3 is 0 Å². The van der Waals surface area contributed by atoms with Crippen LogP contribution in [0.2, 0.25) is 0 Å². The Morgan fingerprint density at radius 3 is 2.50 bits per heavy atom. The van der Waals surface area contributed by atoms with Gasteiger partial charge in [-0.15, -0.1) is 0 Å². The molecule has 1 aliphatic carbocycles. The number of rotatable bonds is 1. The molecule has 1 unspecified atom stereocenters. The number of imide groups is 1. The molecule has 0 bridgehead atoms. The number of allylic oxidation sites excluding steroid dienone is 1. The minimum Gasteiger partial charge on any atom is -0.333 e. The van der Waals surface area contributed by atoms with E-state index >= 15 is 0 Å². The third-order valence-corrected chi connectivity index (χ3v) is 3.46. The van der Waals surface area contributed by atoms with Crippen LogP contribution in [0.5, 0.6) is 0 Å². The van der Waals surface area contributed by atoms with Crippen molar-refractivity contribution in [2.24, 2.45) is 11.3 Å². The molecule has 1 heterocycles. The highest BCUT2D eigenvalue weighted by Gasteiger charge is 2.37. The van der Waals surface area contributed by atoms with Crippen LogP contribution in [-0.4, -0.2) is 24.6 Å². The Kier molecular flexibility index (Phi) is 3.00. The lowest BCUT2D eigenvalue weighted by molar-refractivity contribution is -0.131. The van der Waals surface area contributed by atoms with Gasteiger partial charge in [-0.2, -0.15) is 0 Å². The van der Waals surface area contributed by atoms with Crippen LogP contribution in [0.3, 0.4) is 0 Å². The lowest BCUT2D eigenvalue weighted by Gasteiger charge is -2.27. The van der Waals surface area contributed by atoms with Crippen molar-refractivity contribution in [3.8, 4) is 0 Å². The fraction of sp³-hybridized carbons (Fsp3) is 0.571. The van der Waals surface area contributed by atoms with Gasteiger partial charge in [0.2, 0.25) is 19.8 Å². The monoisotopic (exact) mass is 243 g/mol. The second-order valence-corrected chi connectivity index (χ2v) is 6.43. The van der Waals surface area contributed by atoms with E-state index in [0.29, 0.717) is 23.5 Å². The number of carbonyl (C=O) groups excluding carboxylic acids is 2. The van der Waals surface area contributed by atoms with Gasteiger partial charge in [0.1, 0.15) is 0 Å². The second-order valence-electron chi connectivity index (χ2n) is 6.43. The number of hydrogen-bond acceptors (Lipinski definition) is 2. The lowest BCUT2D eigenvalue weighted by Crippen LogP contribution is -2.28. The molecule has 18 heavy (non-hydrogen) atoms. The standard InChI is InChI=1S/C14H18BNO2/c1-8-5-10-11(13(18)16(15)12(10)17)6-9(8)7-14(2,3)4/h6,8H,5,7H2,1-4H3. The van der Waals surface area contributed by atoms with Gasteiger partial charge in [-0.05, 0) is 30.3 Å².